The molecule has 7 heteroatoms. The summed E-state index contributed by atoms with van der Waals surface area (Å²) in [5.74, 6) is 0.0482. The zero-order valence-corrected chi connectivity index (χ0v) is 10.7. The molecule has 0 aromatic carbocycles. The maximum Gasteiger partial charge on any atom is 0.313 e. The highest BCUT2D eigenvalue weighted by atomic mass is 32.2. The van der Waals surface area contributed by atoms with Gasteiger partial charge < -0.3 is 10.8 Å². The molecule has 1 saturated carbocycles. The normalized spacial score (nSPS) is 21.4. The second kappa shape index (κ2) is 4.21. The van der Waals surface area contributed by atoms with Crippen molar-refractivity contribution in [2.24, 2.45) is 11.3 Å². The van der Waals surface area contributed by atoms with Crippen LogP contribution in [-0.4, -0.2) is 31.6 Å². The lowest BCUT2D eigenvalue weighted by Gasteiger charge is -2.08. The summed E-state index contributed by atoms with van der Waals surface area (Å²) in [4.78, 5) is 10.5. The van der Waals surface area contributed by atoms with E-state index in [2.05, 4.69) is 24.0 Å². The molecule has 0 spiro atoms. The van der Waals surface area contributed by atoms with E-state index < -0.39 is 5.97 Å². The lowest BCUT2D eigenvalue weighted by atomic mass is 10.1. The topological polar surface area (TPSA) is 94.0 Å². The first-order chi connectivity index (χ1) is 7.90. The van der Waals surface area contributed by atoms with Crippen molar-refractivity contribution in [1.82, 2.24) is 14.8 Å². The van der Waals surface area contributed by atoms with Crippen LogP contribution in [0.5, 0.6) is 0 Å². The molecular weight excluding hydrogens is 240 g/mol. The Morgan fingerprint density at radius 3 is 2.82 bits per heavy atom. The van der Waals surface area contributed by atoms with Gasteiger partial charge in [0.1, 0.15) is 0 Å². The van der Waals surface area contributed by atoms with Crippen LogP contribution in [-0.2, 0) is 11.3 Å². The highest BCUT2D eigenvalue weighted by Crippen LogP contribution is 2.52. The van der Waals surface area contributed by atoms with Crippen molar-refractivity contribution in [2.75, 3.05) is 11.5 Å². The number of nitrogens with two attached hydrogens (primary N) is 1. The Morgan fingerprint density at radius 2 is 2.29 bits per heavy atom. The van der Waals surface area contributed by atoms with Gasteiger partial charge in [-0.2, -0.15) is 0 Å². The van der Waals surface area contributed by atoms with Gasteiger partial charge in [0.25, 0.3) is 0 Å². The van der Waals surface area contributed by atoms with E-state index in [0.29, 0.717) is 22.4 Å². The number of carboxylic acids is 1. The SMILES string of the molecule is CC1(C)CC1Cn1c(N)nnc1SCC(=O)O. The fourth-order valence-corrected chi connectivity index (χ4v) is 2.49. The smallest absolute Gasteiger partial charge is 0.313 e. The number of anilines is 1. The molecule has 1 atom stereocenters. The third kappa shape index (κ3) is 2.71. The molecule has 17 heavy (non-hydrogen) atoms. The van der Waals surface area contributed by atoms with Gasteiger partial charge in [0.15, 0.2) is 5.16 Å². The molecule has 3 N–H and O–H groups in total. The minimum absolute atomic E-state index is 0.0216. The Bertz CT molecular complexity index is 444. The van der Waals surface area contributed by atoms with Gasteiger partial charge in [-0.05, 0) is 17.8 Å². The maximum atomic E-state index is 10.5. The van der Waals surface area contributed by atoms with Crippen molar-refractivity contribution < 1.29 is 9.90 Å². The molecule has 0 aliphatic heterocycles. The molecule has 0 amide bonds. The Kier molecular flexibility index (Phi) is 3.03. The molecule has 94 valence electrons. The summed E-state index contributed by atoms with van der Waals surface area (Å²) in [6, 6.07) is 0. The second-order valence-electron chi connectivity index (χ2n) is 5.02. The van der Waals surface area contributed by atoms with Gasteiger partial charge in [-0.25, -0.2) is 0 Å². The summed E-state index contributed by atoms with van der Waals surface area (Å²) in [5, 5.41) is 16.9. The van der Waals surface area contributed by atoms with E-state index in [0.717, 1.165) is 24.7 Å². The fraction of sp³-hybridized carbons (Fsp3) is 0.700. The molecule has 1 aromatic heterocycles. The molecule has 1 fully saturated rings. The summed E-state index contributed by atoms with van der Waals surface area (Å²) < 4.78 is 1.81. The Balaban J connectivity index is 2.05. The monoisotopic (exact) mass is 256 g/mol. The van der Waals surface area contributed by atoms with Gasteiger partial charge >= 0.3 is 5.97 Å². The van der Waals surface area contributed by atoms with E-state index in [1.54, 1.807) is 0 Å². The van der Waals surface area contributed by atoms with Crippen LogP contribution >= 0.6 is 11.8 Å². The third-order valence-electron chi connectivity index (χ3n) is 3.19. The number of nitrogen functional groups attached to an aromatic ring is 1. The standard InChI is InChI=1S/C10H16N4O2S/c1-10(2)3-6(10)4-14-8(11)12-13-9(14)17-5-7(15)16/h6H,3-5H2,1-2H3,(H2,11,12)(H,15,16). The van der Waals surface area contributed by atoms with Gasteiger partial charge in [0.2, 0.25) is 5.95 Å². The summed E-state index contributed by atoms with van der Waals surface area (Å²) in [5.41, 5.74) is 6.09. The summed E-state index contributed by atoms with van der Waals surface area (Å²) >= 11 is 1.16. The van der Waals surface area contributed by atoms with Crippen molar-refractivity contribution in [3.8, 4) is 0 Å². The minimum Gasteiger partial charge on any atom is -0.481 e. The highest BCUT2D eigenvalue weighted by molar-refractivity contribution is 7.99. The van der Waals surface area contributed by atoms with E-state index in [1.165, 1.54) is 0 Å². The largest absolute Gasteiger partial charge is 0.481 e. The molecule has 1 unspecified atom stereocenters. The molecule has 1 aliphatic rings. The number of carbonyl (C=O) groups is 1. The van der Waals surface area contributed by atoms with Crippen molar-refractivity contribution in [3.63, 3.8) is 0 Å². The summed E-state index contributed by atoms with van der Waals surface area (Å²) in [6.07, 6.45) is 1.16. The first-order valence-electron chi connectivity index (χ1n) is 5.43. The summed E-state index contributed by atoms with van der Waals surface area (Å²) in [6.45, 7) is 5.19. The fourth-order valence-electron chi connectivity index (χ4n) is 1.81. The number of nitrogens with zero attached hydrogens (tertiary/aromatic N) is 3. The molecule has 1 aliphatic carbocycles. The number of hydrogen-bond acceptors (Lipinski definition) is 5. The van der Waals surface area contributed by atoms with Crippen LogP contribution < -0.4 is 5.73 Å². The van der Waals surface area contributed by atoms with Gasteiger partial charge in [-0.3, -0.25) is 9.36 Å². The van der Waals surface area contributed by atoms with Crippen LogP contribution in [0.15, 0.2) is 5.16 Å². The van der Waals surface area contributed by atoms with E-state index in [1.807, 2.05) is 4.57 Å². The minimum atomic E-state index is -0.866. The quantitative estimate of drug-likeness (QED) is 0.766. The van der Waals surface area contributed by atoms with Gasteiger partial charge in [0, 0.05) is 6.54 Å². The van der Waals surface area contributed by atoms with E-state index in [9.17, 15) is 4.79 Å². The lowest BCUT2D eigenvalue weighted by molar-refractivity contribution is -0.133. The zero-order valence-electron chi connectivity index (χ0n) is 9.88. The van der Waals surface area contributed by atoms with Gasteiger partial charge in [-0.15, -0.1) is 10.2 Å². The van der Waals surface area contributed by atoms with Crippen LogP contribution in [0.25, 0.3) is 0 Å². The van der Waals surface area contributed by atoms with Crippen LogP contribution in [0, 0.1) is 11.3 Å². The Hall–Kier alpha value is -1.24. The number of hydrogen-bond donors (Lipinski definition) is 2. The first kappa shape index (κ1) is 12.2. The van der Waals surface area contributed by atoms with Crippen LogP contribution in [0.1, 0.15) is 20.3 Å². The van der Waals surface area contributed by atoms with E-state index >= 15 is 0 Å². The molecule has 0 bridgehead atoms. The number of aromatic nitrogens is 3. The van der Waals surface area contributed by atoms with Crippen LogP contribution in [0.3, 0.4) is 0 Å². The molecular formula is C10H16N4O2S. The van der Waals surface area contributed by atoms with Crippen molar-refractivity contribution in [1.29, 1.82) is 0 Å². The third-order valence-corrected chi connectivity index (χ3v) is 4.14. The predicted molar refractivity (Wildman–Crippen MR) is 64.7 cm³/mol. The highest BCUT2D eigenvalue weighted by Gasteiger charge is 2.45. The molecule has 2 rings (SSSR count). The maximum absolute atomic E-state index is 10.5. The number of aliphatic carboxylic acids is 1. The second-order valence-corrected chi connectivity index (χ2v) is 5.97. The number of rotatable bonds is 5. The molecule has 0 radical (unpaired) electrons. The lowest BCUT2D eigenvalue weighted by Crippen LogP contribution is -2.09. The van der Waals surface area contributed by atoms with Gasteiger partial charge in [0.05, 0.1) is 5.75 Å². The van der Waals surface area contributed by atoms with Crippen LogP contribution in [0.4, 0.5) is 5.95 Å². The van der Waals surface area contributed by atoms with E-state index in [-0.39, 0.29) is 5.75 Å². The van der Waals surface area contributed by atoms with Crippen LogP contribution in [0.2, 0.25) is 0 Å². The molecule has 1 heterocycles. The molecule has 1 aromatic rings. The Morgan fingerprint density at radius 1 is 1.65 bits per heavy atom. The van der Waals surface area contributed by atoms with E-state index in [4.69, 9.17) is 10.8 Å². The molecule has 6 nitrogen and oxygen atoms in total. The predicted octanol–water partition coefficient (Wildman–Crippen LogP) is 1.08. The zero-order chi connectivity index (χ0) is 12.6. The number of thioether (sulfide) groups is 1. The van der Waals surface area contributed by atoms with Crippen molar-refractivity contribution >= 4 is 23.7 Å². The summed E-state index contributed by atoms with van der Waals surface area (Å²) in [7, 11) is 0. The van der Waals surface area contributed by atoms with Gasteiger partial charge in [-0.1, -0.05) is 25.6 Å². The molecule has 0 saturated heterocycles. The van der Waals surface area contributed by atoms with Crippen molar-refractivity contribution in [3.05, 3.63) is 0 Å². The number of carboxylic acid groups (broad SMARTS) is 1. The average Bonchev–Trinajstić information content (AvgIpc) is 2.66. The van der Waals surface area contributed by atoms with Crippen molar-refractivity contribution in [2.45, 2.75) is 32.0 Å². The Labute approximate surface area is 104 Å². The average molecular weight is 256 g/mol. The first-order valence-corrected chi connectivity index (χ1v) is 6.42.